The van der Waals surface area contributed by atoms with Gasteiger partial charge < -0.3 is 19.1 Å². The van der Waals surface area contributed by atoms with Gasteiger partial charge in [-0.3, -0.25) is 14.7 Å². The zero-order valence-corrected chi connectivity index (χ0v) is 15.3. The van der Waals surface area contributed by atoms with E-state index in [1.54, 1.807) is 7.11 Å². The highest BCUT2D eigenvalue weighted by Gasteiger charge is 2.31. The average molecular weight is 349 g/mol. The van der Waals surface area contributed by atoms with E-state index in [-0.39, 0.29) is 5.91 Å². The number of pyridine rings is 1. The molecule has 1 aromatic rings. The topological polar surface area (TPSA) is 64.1 Å². The highest BCUT2D eigenvalue weighted by Crippen LogP contribution is 2.25. The maximum Gasteiger partial charge on any atom is 0.253 e. The van der Waals surface area contributed by atoms with Gasteiger partial charge in [-0.2, -0.15) is 0 Å². The zero-order chi connectivity index (χ0) is 17.8. The van der Waals surface area contributed by atoms with Gasteiger partial charge in [0, 0.05) is 50.0 Å². The van der Waals surface area contributed by atoms with Gasteiger partial charge in [-0.05, 0) is 13.8 Å². The van der Waals surface area contributed by atoms with E-state index in [9.17, 15) is 4.79 Å². The van der Waals surface area contributed by atoms with Crippen molar-refractivity contribution in [1.29, 1.82) is 0 Å². The third-order valence-electron chi connectivity index (χ3n) is 4.87. The number of hydrogen-bond acceptors (Lipinski definition) is 6. The molecule has 2 aliphatic rings. The Balaban J connectivity index is 1.65. The van der Waals surface area contributed by atoms with E-state index >= 15 is 0 Å². The van der Waals surface area contributed by atoms with Gasteiger partial charge in [0.25, 0.3) is 5.91 Å². The van der Waals surface area contributed by atoms with E-state index < -0.39 is 6.10 Å². The summed E-state index contributed by atoms with van der Waals surface area (Å²) in [6, 6.07) is 0. The van der Waals surface area contributed by atoms with Crippen molar-refractivity contribution >= 4 is 5.91 Å². The summed E-state index contributed by atoms with van der Waals surface area (Å²) in [6.07, 6.45) is 1.44. The van der Waals surface area contributed by atoms with E-state index in [1.807, 2.05) is 24.9 Å². The van der Waals surface area contributed by atoms with Crippen LogP contribution in [0.15, 0.2) is 6.20 Å². The summed E-state index contributed by atoms with van der Waals surface area (Å²) in [5.41, 5.74) is 3.08. The van der Waals surface area contributed by atoms with Crippen LogP contribution in [0.2, 0.25) is 0 Å². The molecule has 1 unspecified atom stereocenters. The van der Waals surface area contributed by atoms with E-state index in [2.05, 4.69) is 9.88 Å². The number of nitrogens with zero attached hydrogens (tertiary/aromatic N) is 3. The zero-order valence-electron chi connectivity index (χ0n) is 15.3. The van der Waals surface area contributed by atoms with Gasteiger partial charge in [-0.1, -0.05) is 0 Å². The predicted molar refractivity (Wildman–Crippen MR) is 92.7 cm³/mol. The summed E-state index contributed by atoms with van der Waals surface area (Å²) in [5.74, 6) is 0.957. The third kappa shape index (κ3) is 4.11. The quantitative estimate of drug-likeness (QED) is 0.800. The normalized spacial score (nSPS) is 22.0. The lowest BCUT2D eigenvalue weighted by atomic mass is 10.1. The molecule has 0 N–H and O–H groups in total. The lowest BCUT2D eigenvalue weighted by molar-refractivity contribution is -0.153. The number of morpholine rings is 2. The molecule has 2 saturated heterocycles. The van der Waals surface area contributed by atoms with Crippen LogP contribution in [-0.4, -0.2) is 79.9 Å². The minimum absolute atomic E-state index is 0.0687. The number of hydrogen-bond donors (Lipinski definition) is 0. The lowest BCUT2D eigenvalue weighted by Crippen LogP contribution is -2.53. The Morgan fingerprint density at radius 3 is 2.76 bits per heavy atom. The molecule has 0 saturated carbocycles. The number of carbonyl (C=O) groups excluding carboxylic acids is 1. The second-order valence-corrected chi connectivity index (χ2v) is 6.58. The van der Waals surface area contributed by atoms with Gasteiger partial charge in [-0.15, -0.1) is 0 Å². The Labute approximate surface area is 148 Å². The van der Waals surface area contributed by atoms with Crippen molar-refractivity contribution in [3.8, 4) is 5.75 Å². The number of amides is 1. The fourth-order valence-corrected chi connectivity index (χ4v) is 3.43. The highest BCUT2D eigenvalue weighted by atomic mass is 16.5. The Morgan fingerprint density at radius 2 is 2.04 bits per heavy atom. The number of aromatic nitrogens is 1. The molecule has 0 spiro atoms. The van der Waals surface area contributed by atoms with Crippen molar-refractivity contribution in [2.45, 2.75) is 26.5 Å². The van der Waals surface area contributed by atoms with Gasteiger partial charge >= 0.3 is 0 Å². The van der Waals surface area contributed by atoms with Crippen LogP contribution < -0.4 is 4.74 Å². The number of aryl methyl sites for hydroxylation is 1. The SMILES string of the molecule is COc1c(C)cnc(CN2CCOC(C(=O)N3CCOCC3)C2)c1C. The van der Waals surface area contributed by atoms with Gasteiger partial charge in [-0.25, -0.2) is 0 Å². The molecule has 7 nitrogen and oxygen atoms in total. The van der Waals surface area contributed by atoms with Crippen LogP contribution >= 0.6 is 0 Å². The van der Waals surface area contributed by atoms with Gasteiger partial charge in [0.1, 0.15) is 11.9 Å². The molecule has 0 aliphatic carbocycles. The van der Waals surface area contributed by atoms with Crippen LogP contribution in [0.4, 0.5) is 0 Å². The minimum Gasteiger partial charge on any atom is -0.496 e. The van der Waals surface area contributed by atoms with E-state index in [0.29, 0.717) is 46.0 Å². The maximum absolute atomic E-state index is 12.6. The Hall–Kier alpha value is -1.70. The Kier molecular flexibility index (Phi) is 5.88. The van der Waals surface area contributed by atoms with Crippen LogP contribution in [-0.2, 0) is 20.8 Å². The van der Waals surface area contributed by atoms with Crippen LogP contribution in [0.5, 0.6) is 5.75 Å². The van der Waals surface area contributed by atoms with Gasteiger partial charge in [0.15, 0.2) is 0 Å². The molecule has 2 fully saturated rings. The molecule has 1 amide bonds. The smallest absolute Gasteiger partial charge is 0.253 e. The molecule has 138 valence electrons. The van der Waals surface area contributed by atoms with Crippen LogP contribution in [0.3, 0.4) is 0 Å². The van der Waals surface area contributed by atoms with Crippen molar-refractivity contribution in [2.75, 3.05) is 53.1 Å². The second-order valence-electron chi connectivity index (χ2n) is 6.58. The first kappa shape index (κ1) is 18.1. The Morgan fingerprint density at radius 1 is 1.28 bits per heavy atom. The second kappa shape index (κ2) is 8.12. The first-order chi connectivity index (χ1) is 12.1. The average Bonchev–Trinajstić information content (AvgIpc) is 2.65. The lowest BCUT2D eigenvalue weighted by Gasteiger charge is -2.36. The maximum atomic E-state index is 12.6. The summed E-state index contributed by atoms with van der Waals surface area (Å²) in [4.78, 5) is 21.3. The number of carbonyl (C=O) groups is 1. The molecule has 25 heavy (non-hydrogen) atoms. The summed E-state index contributed by atoms with van der Waals surface area (Å²) >= 11 is 0. The first-order valence-corrected chi connectivity index (χ1v) is 8.79. The van der Waals surface area contributed by atoms with E-state index in [1.165, 1.54) is 0 Å². The molecule has 0 radical (unpaired) electrons. The fourth-order valence-electron chi connectivity index (χ4n) is 3.43. The molecule has 0 aromatic carbocycles. The van der Waals surface area contributed by atoms with Crippen molar-refractivity contribution in [2.24, 2.45) is 0 Å². The summed E-state index contributed by atoms with van der Waals surface area (Å²) in [6.45, 7) is 9.17. The molecule has 0 bridgehead atoms. The minimum atomic E-state index is -0.403. The monoisotopic (exact) mass is 349 g/mol. The Bertz CT molecular complexity index is 617. The molecule has 3 rings (SSSR count). The first-order valence-electron chi connectivity index (χ1n) is 8.79. The summed E-state index contributed by atoms with van der Waals surface area (Å²) in [7, 11) is 1.69. The van der Waals surface area contributed by atoms with Crippen molar-refractivity contribution in [3.05, 3.63) is 23.0 Å². The number of methoxy groups -OCH3 is 1. The van der Waals surface area contributed by atoms with Crippen LogP contribution in [0, 0.1) is 13.8 Å². The molecule has 1 aromatic heterocycles. The van der Waals surface area contributed by atoms with Crippen molar-refractivity contribution in [1.82, 2.24) is 14.8 Å². The standard InChI is InChI=1S/C18H27N3O4/c1-13-10-19-15(14(2)17(13)23-3)11-20-4-9-25-16(12-20)18(22)21-5-7-24-8-6-21/h10,16H,4-9,11-12H2,1-3H3. The molecule has 2 aliphatic heterocycles. The van der Waals surface area contributed by atoms with E-state index in [0.717, 1.165) is 29.1 Å². The third-order valence-corrected chi connectivity index (χ3v) is 4.87. The molecule has 7 heteroatoms. The van der Waals surface area contributed by atoms with Crippen molar-refractivity contribution < 1.29 is 19.0 Å². The molecular formula is C18H27N3O4. The van der Waals surface area contributed by atoms with Crippen LogP contribution in [0.25, 0.3) is 0 Å². The molecule has 1 atom stereocenters. The number of ether oxygens (including phenoxy) is 3. The summed E-state index contributed by atoms with van der Waals surface area (Å²) < 4.78 is 16.5. The van der Waals surface area contributed by atoms with Gasteiger partial charge in [0.2, 0.25) is 0 Å². The van der Waals surface area contributed by atoms with Gasteiger partial charge in [0.05, 0.1) is 32.6 Å². The van der Waals surface area contributed by atoms with Crippen molar-refractivity contribution in [3.63, 3.8) is 0 Å². The number of rotatable bonds is 4. The largest absolute Gasteiger partial charge is 0.496 e. The molecular weight excluding hydrogens is 322 g/mol. The fraction of sp³-hybridized carbons (Fsp3) is 0.667. The summed E-state index contributed by atoms with van der Waals surface area (Å²) in [5, 5.41) is 0. The highest BCUT2D eigenvalue weighted by molar-refractivity contribution is 5.81. The predicted octanol–water partition coefficient (Wildman–Crippen LogP) is 0.767. The van der Waals surface area contributed by atoms with Crippen LogP contribution in [0.1, 0.15) is 16.8 Å². The molecule has 3 heterocycles. The van der Waals surface area contributed by atoms with E-state index in [4.69, 9.17) is 14.2 Å².